The molecule has 82 valence electrons. The van der Waals surface area contributed by atoms with Crippen molar-refractivity contribution >= 4 is 11.9 Å². The Morgan fingerprint density at radius 2 is 2.27 bits per heavy atom. The third kappa shape index (κ3) is 2.72. The van der Waals surface area contributed by atoms with Crippen molar-refractivity contribution in [2.45, 2.75) is 32.2 Å². The molecular formula is C11H15NO3. The molecule has 4 heteroatoms. The van der Waals surface area contributed by atoms with Crippen molar-refractivity contribution in [3.8, 4) is 12.3 Å². The molecule has 1 aliphatic rings. The molecule has 0 aromatic carbocycles. The highest BCUT2D eigenvalue weighted by molar-refractivity contribution is 5.95. The first-order chi connectivity index (χ1) is 7.20. The highest BCUT2D eigenvalue weighted by Gasteiger charge is 2.32. The normalized spacial score (nSPS) is 20.5. The Bertz CT molecular complexity index is 293. The van der Waals surface area contributed by atoms with Crippen LogP contribution in [-0.4, -0.2) is 36.0 Å². The summed E-state index contributed by atoms with van der Waals surface area (Å²) in [6, 6.07) is -0.484. The molecule has 0 aromatic rings. The van der Waals surface area contributed by atoms with E-state index in [0.717, 1.165) is 12.8 Å². The van der Waals surface area contributed by atoms with Crippen LogP contribution in [0.4, 0.5) is 0 Å². The van der Waals surface area contributed by atoms with Crippen molar-refractivity contribution in [3.63, 3.8) is 0 Å². The Kier molecular flexibility index (Phi) is 4.17. The summed E-state index contributed by atoms with van der Waals surface area (Å²) in [4.78, 5) is 24.3. The molecule has 4 nitrogen and oxygen atoms in total. The van der Waals surface area contributed by atoms with Crippen molar-refractivity contribution in [2.24, 2.45) is 0 Å². The third-order valence-electron chi connectivity index (χ3n) is 2.45. The van der Waals surface area contributed by atoms with Crippen LogP contribution in [0.5, 0.6) is 0 Å². The molecule has 0 radical (unpaired) electrons. The zero-order valence-corrected chi connectivity index (χ0v) is 8.86. The number of hydrogen-bond donors (Lipinski definition) is 0. The Morgan fingerprint density at radius 3 is 2.87 bits per heavy atom. The van der Waals surface area contributed by atoms with Crippen LogP contribution in [0, 0.1) is 12.3 Å². The summed E-state index contributed by atoms with van der Waals surface area (Å²) in [5.41, 5.74) is 0. The number of carbonyl (C=O) groups excluding carboxylic acids is 2. The Hall–Kier alpha value is -1.50. The molecule has 1 aliphatic heterocycles. The minimum atomic E-state index is -0.484. The van der Waals surface area contributed by atoms with Crippen molar-refractivity contribution in [1.82, 2.24) is 4.90 Å². The minimum absolute atomic E-state index is 0.327. The van der Waals surface area contributed by atoms with Crippen LogP contribution in [0.25, 0.3) is 0 Å². The van der Waals surface area contributed by atoms with Gasteiger partial charge in [0.15, 0.2) is 0 Å². The summed E-state index contributed by atoms with van der Waals surface area (Å²) < 4.78 is 4.90. The van der Waals surface area contributed by atoms with Gasteiger partial charge >= 0.3 is 5.97 Å². The van der Waals surface area contributed by atoms with E-state index in [9.17, 15) is 9.59 Å². The average molecular weight is 209 g/mol. The van der Waals surface area contributed by atoms with Gasteiger partial charge in [-0.05, 0) is 32.1 Å². The highest BCUT2D eigenvalue weighted by Crippen LogP contribution is 2.18. The van der Waals surface area contributed by atoms with E-state index in [0.29, 0.717) is 19.6 Å². The molecule has 1 saturated heterocycles. The van der Waals surface area contributed by atoms with Gasteiger partial charge in [-0.3, -0.25) is 4.79 Å². The van der Waals surface area contributed by atoms with Crippen LogP contribution in [0.3, 0.4) is 0 Å². The predicted molar refractivity (Wildman–Crippen MR) is 54.8 cm³/mol. The number of hydrogen-bond acceptors (Lipinski definition) is 3. The van der Waals surface area contributed by atoms with Crippen LogP contribution in [-0.2, 0) is 14.3 Å². The summed E-state index contributed by atoms with van der Waals surface area (Å²) in [7, 11) is 0. The first-order valence-electron chi connectivity index (χ1n) is 5.14. The van der Waals surface area contributed by atoms with Gasteiger partial charge < -0.3 is 9.64 Å². The lowest BCUT2D eigenvalue weighted by Crippen LogP contribution is -2.48. The minimum Gasteiger partial charge on any atom is -0.464 e. The second kappa shape index (κ2) is 5.40. The zero-order chi connectivity index (χ0) is 11.3. The number of rotatable bonds is 2. The summed E-state index contributed by atoms with van der Waals surface area (Å²) in [5.74, 6) is 1.27. The maximum atomic E-state index is 11.5. The lowest BCUT2D eigenvalue weighted by atomic mass is 10.0. The monoisotopic (exact) mass is 209 g/mol. The first kappa shape index (κ1) is 11.6. The Balaban J connectivity index is 2.70. The smallest absolute Gasteiger partial charge is 0.328 e. The summed E-state index contributed by atoms with van der Waals surface area (Å²) in [5, 5.41) is 0. The largest absolute Gasteiger partial charge is 0.464 e. The standard InChI is InChI=1S/C11H15NO3/c1-3-10(13)12-8-6-5-7-9(12)11(14)15-4-2/h1,9H,4-8H2,2H3. The van der Waals surface area contributed by atoms with Gasteiger partial charge in [0, 0.05) is 6.54 Å². The molecule has 0 bridgehead atoms. The summed E-state index contributed by atoms with van der Waals surface area (Å²) in [6.07, 6.45) is 7.51. The number of piperidine rings is 1. The fourth-order valence-corrected chi connectivity index (χ4v) is 1.74. The molecule has 0 aromatic heterocycles. The van der Waals surface area contributed by atoms with Gasteiger partial charge in [0.1, 0.15) is 6.04 Å². The van der Waals surface area contributed by atoms with Crippen molar-refractivity contribution in [3.05, 3.63) is 0 Å². The molecule has 1 atom stereocenters. The molecule has 0 aliphatic carbocycles. The number of nitrogens with zero attached hydrogens (tertiary/aromatic N) is 1. The third-order valence-corrected chi connectivity index (χ3v) is 2.45. The van der Waals surface area contributed by atoms with Crippen molar-refractivity contribution in [1.29, 1.82) is 0 Å². The lowest BCUT2D eigenvalue weighted by molar-refractivity contribution is -0.154. The van der Waals surface area contributed by atoms with E-state index in [-0.39, 0.29) is 5.97 Å². The molecule has 15 heavy (non-hydrogen) atoms. The number of esters is 1. The van der Waals surface area contributed by atoms with E-state index in [1.165, 1.54) is 4.90 Å². The van der Waals surface area contributed by atoms with Gasteiger partial charge in [-0.1, -0.05) is 0 Å². The summed E-state index contributed by atoms with van der Waals surface area (Å²) in [6.45, 7) is 2.62. The van der Waals surface area contributed by atoms with E-state index in [4.69, 9.17) is 11.2 Å². The zero-order valence-electron chi connectivity index (χ0n) is 8.86. The van der Waals surface area contributed by atoms with Crippen molar-refractivity contribution < 1.29 is 14.3 Å². The molecule has 0 spiro atoms. The first-order valence-corrected chi connectivity index (χ1v) is 5.14. The Labute approximate surface area is 89.6 Å². The number of ether oxygens (including phenoxy) is 1. The fraction of sp³-hybridized carbons (Fsp3) is 0.636. The molecule has 1 unspecified atom stereocenters. The van der Waals surface area contributed by atoms with Gasteiger partial charge in [0.05, 0.1) is 6.61 Å². The number of terminal acetylenes is 1. The van der Waals surface area contributed by atoms with Crippen LogP contribution in [0.1, 0.15) is 26.2 Å². The van der Waals surface area contributed by atoms with Crippen LogP contribution in [0.2, 0.25) is 0 Å². The SMILES string of the molecule is C#CC(=O)N1CCCCC1C(=O)OCC. The Morgan fingerprint density at radius 1 is 1.53 bits per heavy atom. The van der Waals surface area contributed by atoms with E-state index < -0.39 is 11.9 Å². The highest BCUT2D eigenvalue weighted by atomic mass is 16.5. The average Bonchev–Trinajstić information content (AvgIpc) is 2.28. The van der Waals surface area contributed by atoms with E-state index >= 15 is 0 Å². The van der Waals surface area contributed by atoms with Crippen molar-refractivity contribution in [2.75, 3.05) is 13.2 Å². The van der Waals surface area contributed by atoms with Crippen LogP contribution >= 0.6 is 0 Å². The summed E-state index contributed by atoms with van der Waals surface area (Å²) >= 11 is 0. The molecule has 0 saturated carbocycles. The molecule has 1 rings (SSSR count). The number of likely N-dealkylation sites (tertiary alicyclic amines) is 1. The molecule has 1 heterocycles. The predicted octanol–water partition coefficient (Wildman–Crippen LogP) is 0.564. The van der Waals surface area contributed by atoms with Gasteiger partial charge in [0.2, 0.25) is 0 Å². The van der Waals surface area contributed by atoms with Gasteiger partial charge in [-0.15, -0.1) is 6.42 Å². The topological polar surface area (TPSA) is 46.6 Å². The van der Waals surface area contributed by atoms with Crippen LogP contribution < -0.4 is 0 Å². The number of amides is 1. The quantitative estimate of drug-likeness (QED) is 0.493. The molecule has 1 amide bonds. The second-order valence-electron chi connectivity index (χ2n) is 3.41. The maximum absolute atomic E-state index is 11.5. The molecule has 0 N–H and O–H groups in total. The fourth-order valence-electron chi connectivity index (χ4n) is 1.74. The van der Waals surface area contributed by atoms with E-state index in [1.807, 2.05) is 5.92 Å². The van der Waals surface area contributed by atoms with E-state index in [1.54, 1.807) is 6.92 Å². The maximum Gasteiger partial charge on any atom is 0.328 e. The van der Waals surface area contributed by atoms with Gasteiger partial charge in [-0.2, -0.15) is 0 Å². The lowest BCUT2D eigenvalue weighted by Gasteiger charge is -2.32. The second-order valence-corrected chi connectivity index (χ2v) is 3.41. The molecular weight excluding hydrogens is 194 g/mol. The van der Waals surface area contributed by atoms with E-state index in [2.05, 4.69) is 0 Å². The molecule has 1 fully saturated rings. The van der Waals surface area contributed by atoms with Crippen LogP contribution in [0.15, 0.2) is 0 Å². The van der Waals surface area contributed by atoms with Gasteiger partial charge in [0.25, 0.3) is 5.91 Å². The number of carbonyl (C=O) groups is 2. The van der Waals surface area contributed by atoms with Gasteiger partial charge in [-0.25, -0.2) is 4.79 Å².